The molecule has 3 aromatic rings. The Morgan fingerprint density at radius 2 is 2.14 bits per heavy atom. The van der Waals surface area contributed by atoms with E-state index in [9.17, 15) is 24.6 Å². The normalized spacial score (nSPS) is 24.4. The second-order valence-electron chi connectivity index (χ2n) is 6.48. The van der Waals surface area contributed by atoms with E-state index >= 15 is 0 Å². The van der Waals surface area contributed by atoms with Gasteiger partial charge in [-0.05, 0) is 6.92 Å². The Bertz CT molecular complexity index is 1190. The van der Waals surface area contributed by atoms with Gasteiger partial charge in [0.25, 0.3) is 16.4 Å². The average Bonchev–Trinajstić information content (AvgIpc) is 3.25. The first kappa shape index (κ1) is 19.0. The van der Waals surface area contributed by atoms with Crippen LogP contribution in [-0.4, -0.2) is 61.2 Å². The number of nitrogens with zero attached hydrogens (tertiary/aromatic N) is 3. The van der Waals surface area contributed by atoms with Crippen molar-refractivity contribution in [2.24, 2.45) is 0 Å². The van der Waals surface area contributed by atoms with Crippen molar-refractivity contribution in [3.05, 3.63) is 37.1 Å². The summed E-state index contributed by atoms with van der Waals surface area (Å²) in [5, 5.41) is 23.2. The Morgan fingerprint density at radius 1 is 1.38 bits per heavy atom. The summed E-state index contributed by atoms with van der Waals surface area (Å²) in [7, 11) is 0. The molecule has 154 valence electrons. The number of imidazole rings is 1. The van der Waals surface area contributed by atoms with Gasteiger partial charge >= 0.3 is 0 Å². The molecule has 4 rings (SSSR count). The molecule has 1 aliphatic heterocycles. The fraction of sp³-hybridized carbons (Fsp3) is 0.438. The molecule has 6 N–H and O–H groups in total. The van der Waals surface area contributed by atoms with Crippen LogP contribution in [0.2, 0.25) is 0 Å². The highest BCUT2D eigenvalue weighted by Gasteiger charge is 2.46. The predicted molar refractivity (Wildman–Crippen MR) is 99.5 cm³/mol. The molecule has 29 heavy (non-hydrogen) atoms. The van der Waals surface area contributed by atoms with Crippen molar-refractivity contribution in [3.63, 3.8) is 0 Å². The van der Waals surface area contributed by atoms with Crippen LogP contribution in [0.15, 0.2) is 20.7 Å². The van der Waals surface area contributed by atoms with Gasteiger partial charge in [0.15, 0.2) is 23.1 Å². The lowest BCUT2D eigenvalue weighted by molar-refractivity contribution is -0.0487. The zero-order chi connectivity index (χ0) is 20.9. The molecule has 4 unspecified atom stereocenters. The fourth-order valence-corrected chi connectivity index (χ4v) is 3.39. The maximum atomic E-state index is 12.0. The summed E-state index contributed by atoms with van der Waals surface area (Å²) >= 11 is 0. The lowest BCUT2D eigenvalue weighted by atomic mass is 10.1. The summed E-state index contributed by atoms with van der Waals surface area (Å²) in [6, 6.07) is -0.954. The predicted octanol–water partition coefficient (Wildman–Crippen LogP) is -2.57. The SMILES string of the molecule is CCOc1c(NC2C(CO)OC(n3cnc4c(=O)[nH]c(N)nc43)C2O)c(=O)c1=O. The fourth-order valence-electron chi connectivity index (χ4n) is 3.39. The van der Waals surface area contributed by atoms with Crippen molar-refractivity contribution in [1.82, 2.24) is 19.5 Å². The van der Waals surface area contributed by atoms with Crippen LogP contribution < -0.4 is 32.2 Å². The van der Waals surface area contributed by atoms with Crippen molar-refractivity contribution < 1.29 is 19.7 Å². The molecule has 0 saturated carbocycles. The quantitative estimate of drug-likeness (QED) is 0.270. The minimum atomic E-state index is -1.30. The van der Waals surface area contributed by atoms with Gasteiger partial charge in [-0.25, -0.2) is 4.98 Å². The van der Waals surface area contributed by atoms with Gasteiger partial charge in [0.1, 0.15) is 17.9 Å². The molecule has 2 aromatic heterocycles. The number of anilines is 2. The van der Waals surface area contributed by atoms with E-state index in [4.69, 9.17) is 15.2 Å². The first-order valence-electron chi connectivity index (χ1n) is 8.76. The van der Waals surface area contributed by atoms with E-state index in [0.29, 0.717) is 0 Å². The Morgan fingerprint density at radius 3 is 2.83 bits per heavy atom. The van der Waals surface area contributed by atoms with Crippen molar-refractivity contribution in [1.29, 1.82) is 0 Å². The number of hydrogen-bond acceptors (Lipinski definition) is 11. The Balaban J connectivity index is 1.68. The number of ether oxygens (including phenoxy) is 2. The van der Waals surface area contributed by atoms with Crippen molar-refractivity contribution in [2.75, 3.05) is 24.3 Å². The van der Waals surface area contributed by atoms with Crippen molar-refractivity contribution in [3.8, 4) is 5.75 Å². The minimum absolute atomic E-state index is 0.00642. The first-order valence-corrected chi connectivity index (χ1v) is 8.76. The molecule has 13 heteroatoms. The van der Waals surface area contributed by atoms with Gasteiger partial charge in [-0.15, -0.1) is 0 Å². The topological polar surface area (TPSA) is 195 Å². The number of nitrogen functional groups attached to an aromatic ring is 1. The Kier molecular flexibility index (Phi) is 4.56. The summed E-state index contributed by atoms with van der Waals surface area (Å²) < 4.78 is 12.2. The lowest BCUT2D eigenvalue weighted by Crippen LogP contribution is -2.45. The molecule has 4 atom stereocenters. The molecule has 0 aliphatic carbocycles. The second-order valence-corrected chi connectivity index (χ2v) is 6.48. The number of aromatic amines is 1. The largest absolute Gasteiger partial charge is 0.488 e. The zero-order valence-corrected chi connectivity index (χ0v) is 15.2. The maximum absolute atomic E-state index is 12.0. The number of hydrogen-bond donors (Lipinski definition) is 5. The Labute approximate surface area is 161 Å². The molecular weight excluding hydrogens is 388 g/mol. The Hall–Kier alpha value is -3.29. The molecule has 1 aromatic carbocycles. The average molecular weight is 406 g/mol. The first-order chi connectivity index (χ1) is 13.9. The molecule has 1 saturated heterocycles. The molecule has 1 fully saturated rings. The summed E-state index contributed by atoms with van der Waals surface area (Å²) in [6.45, 7) is 1.34. The monoisotopic (exact) mass is 406 g/mol. The molecular formula is C16H18N6O7. The number of rotatable bonds is 6. The van der Waals surface area contributed by atoms with Crippen molar-refractivity contribution in [2.45, 2.75) is 31.4 Å². The van der Waals surface area contributed by atoms with E-state index in [2.05, 4.69) is 20.3 Å². The summed E-state index contributed by atoms with van der Waals surface area (Å²) in [4.78, 5) is 45.8. The van der Waals surface area contributed by atoms with E-state index in [1.807, 2.05) is 0 Å². The molecule has 0 bridgehead atoms. The van der Waals surface area contributed by atoms with Crippen LogP contribution in [0.25, 0.3) is 11.2 Å². The smallest absolute Gasteiger partial charge is 0.280 e. The second kappa shape index (κ2) is 6.95. The third kappa shape index (κ3) is 2.86. The third-order valence-electron chi connectivity index (χ3n) is 4.75. The summed E-state index contributed by atoms with van der Waals surface area (Å²) in [6.07, 6.45) is -2.08. The highest BCUT2D eigenvalue weighted by atomic mass is 16.5. The molecule has 0 amide bonds. The number of aliphatic hydroxyl groups is 2. The van der Waals surface area contributed by atoms with E-state index in [1.54, 1.807) is 6.92 Å². The van der Waals surface area contributed by atoms with E-state index in [0.717, 1.165) is 0 Å². The van der Waals surface area contributed by atoms with Crippen LogP contribution in [0.1, 0.15) is 13.2 Å². The van der Waals surface area contributed by atoms with Gasteiger partial charge in [-0.2, -0.15) is 4.98 Å². The van der Waals surface area contributed by atoms with Crippen LogP contribution >= 0.6 is 0 Å². The standard InChI is InChI=1S/C16H18N6O7/c1-2-28-12-7(9(24)11(12)26)19-6-5(3-23)29-15(10(6)25)22-4-18-8-13(22)20-16(17)21-14(8)27/h4-6,10,15,19,23,25H,2-3H2,1H3,(H3,17,20,21,27). The highest BCUT2D eigenvalue weighted by molar-refractivity contribution is 5.70. The maximum Gasteiger partial charge on any atom is 0.280 e. The molecule has 0 spiro atoms. The van der Waals surface area contributed by atoms with Gasteiger partial charge in [0.2, 0.25) is 5.95 Å². The minimum Gasteiger partial charge on any atom is -0.488 e. The molecule has 0 radical (unpaired) electrons. The summed E-state index contributed by atoms with van der Waals surface area (Å²) in [5.74, 6) is -0.269. The number of aromatic nitrogens is 4. The number of nitrogens with two attached hydrogens (primary N) is 1. The number of aliphatic hydroxyl groups excluding tert-OH is 2. The number of H-pyrrole nitrogens is 1. The summed E-state index contributed by atoms with van der Waals surface area (Å²) in [5.41, 5.74) is 3.46. The molecule has 3 heterocycles. The highest BCUT2D eigenvalue weighted by Crippen LogP contribution is 2.33. The van der Waals surface area contributed by atoms with Gasteiger partial charge in [0, 0.05) is 0 Å². The van der Waals surface area contributed by atoms with E-state index < -0.39 is 47.5 Å². The lowest BCUT2D eigenvalue weighted by Gasteiger charge is -2.23. The van der Waals surface area contributed by atoms with Crippen LogP contribution in [0.3, 0.4) is 0 Å². The van der Waals surface area contributed by atoms with Gasteiger partial charge in [0.05, 0.1) is 25.6 Å². The van der Waals surface area contributed by atoms with Crippen LogP contribution in [0.5, 0.6) is 5.75 Å². The van der Waals surface area contributed by atoms with Gasteiger partial charge in [-0.3, -0.25) is 23.9 Å². The van der Waals surface area contributed by atoms with Crippen LogP contribution in [0, 0.1) is 0 Å². The van der Waals surface area contributed by atoms with Gasteiger partial charge < -0.3 is 30.7 Å². The van der Waals surface area contributed by atoms with Crippen molar-refractivity contribution >= 4 is 22.8 Å². The number of nitrogens with one attached hydrogen (secondary N) is 2. The van der Waals surface area contributed by atoms with Crippen LogP contribution in [0.4, 0.5) is 11.6 Å². The van der Waals surface area contributed by atoms with E-state index in [1.165, 1.54) is 10.9 Å². The van der Waals surface area contributed by atoms with E-state index in [-0.39, 0.29) is 35.2 Å². The van der Waals surface area contributed by atoms with Crippen LogP contribution in [-0.2, 0) is 4.74 Å². The molecule has 13 nitrogen and oxygen atoms in total. The third-order valence-corrected chi connectivity index (χ3v) is 4.75. The zero-order valence-electron chi connectivity index (χ0n) is 15.2. The number of fused-ring (bicyclic) bond motifs is 1. The van der Waals surface area contributed by atoms with Gasteiger partial charge in [-0.1, -0.05) is 0 Å². The molecule has 1 aliphatic rings.